The Kier molecular flexibility index (Phi) is 8.10. The van der Waals surface area contributed by atoms with Gasteiger partial charge in [-0.3, -0.25) is 4.79 Å². The molecular weight excluding hydrogens is 331 g/mol. The number of halogens is 2. The second-order valence-electron chi connectivity index (χ2n) is 5.18. The third-order valence-corrected chi connectivity index (χ3v) is 3.93. The van der Waals surface area contributed by atoms with Gasteiger partial charge in [0.05, 0.1) is 5.92 Å². The van der Waals surface area contributed by atoms with Crippen molar-refractivity contribution in [2.45, 2.75) is 19.4 Å². The maximum atomic E-state index is 12.8. The van der Waals surface area contributed by atoms with Gasteiger partial charge in [-0.15, -0.1) is 12.4 Å². The SMILES string of the molecule is CCN(Cc1cccc(Cl)c1)C(=O)C(CN)c1ccccc1.Cl. The van der Waals surface area contributed by atoms with E-state index in [9.17, 15) is 4.79 Å². The molecule has 124 valence electrons. The van der Waals surface area contributed by atoms with Gasteiger partial charge in [-0.05, 0) is 30.2 Å². The second kappa shape index (κ2) is 9.56. The van der Waals surface area contributed by atoms with E-state index in [0.29, 0.717) is 24.7 Å². The summed E-state index contributed by atoms with van der Waals surface area (Å²) in [7, 11) is 0. The highest BCUT2D eigenvalue weighted by Crippen LogP contribution is 2.19. The molecule has 3 nitrogen and oxygen atoms in total. The van der Waals surface area contributed by atoms with Gasteiger partial charge in [0.25, 0.3) is 0 Å². The first-order valence-corrected chi connectivity index (χ1v) is 7.81. The minimum Gasteiger partial charge on any atom is -0.338 e. The van der Waals surface area contributed by atoms with Gasteiger partial charge < -0.3 is 10.6 Å². The highest BCUT2D eigenvalue weighted by molar-refractivity contribution is 6.30. The fourth-order valence-corrected chi connectivity index (χ4v) is 2.70. The van der Waals surface area contributed by atoms with Crippen molar-refractivity contribution in [1.82, 2.24) is 4.90 Å². The summed E-state index contributed by atoms with van der Waals surface area (Å²) in [5.41, 5.74) is 7.82. The Morgan fingerprint density at radius 2 is 1.87 bits per heavy atom. The van der Waals surface area contributed by atoms with Crippen LogP contribution in [-0.4, -0.2) is 23.9 Å². The molecule has 1 atom stereocenters. The molecule has 0 aliphatic rings. The number of rotatable bonds is 6. The first-order valence-electron chi connectivity index (χ1n) is 7.44. The largest absolute Gasteiger partial charge is 0.338 e. The number of likely N-dealkylation sites (N-methyl/N-ethyl adjacent to an activating group) is 1. The van der Waals surface area contributed by atoms with Crippen molar-refractivity contribution in [3.63, 3.8) is 0 Å². The zero-order chi connectivity index (χ0) is 15.9. The summed E-state index contributed by atoms with van der Waals surface area (Å²) in [6.07, 6.45) is 0. The molecule has 0 saturated heterocycles. The van der Waals surface area contributed by atoms with E-state index in [-0.39, 0.29) is 24.2 Å². The normalized spacial score (nSPS) is 11.4. The number of hydrogen-bond acceptors (Lipinski definition) is 2. The van der Waals surface area contributed by atoms with E-state index in [2.05, 4.69) is 0 Å². The highest BCUT2D eigenvalue weighted by Gasteiger charge is 2.23. The van der Waals surface area contributed by atoms with Crippen LogP contribution in [0.15, 0.2) is 54.6 Å². The summed E-state index contributed by atoms with van der Waals surface area (Å²) >= 11 is 6.01. The van der Waals surface area contributed by atoms with E-state index in [1.807, 2.05) is 66.4 Å². The standard InChI is InChI=1S/C18H21ClN2O.ClH/c1-2-21(13-14-7-6-10-16(19)11-14)18(22)17(12-20)15-8-4-3-5-9-15;/h3-11,17H,2,12-13,20H2,1H3;1H. The molecule has 2 rings (SSSR count). The molecule has 0 aliphatic carbocycles. The van der Waals surface area contributed by atoms with Crippen LogP contribution in [0.4, 0.5) is 0 Å². The lowest BCUT2D eigenvalue weighted by Gasteiger charge is -2.26. The zero-order valence-electron chi connectivity index (χ0n) is 13.1. The quantitative estimate of drug-likeness (QED) is 0.857. The van der Waals surface area contributed by atoms with Crippen LogP contribution in [0.2, 0.25) is 5.02 Å². The Labute approximate surface area is 148 Å². The molecule has 23 heavy (non-hydrogen) atoms. The maximum absolute atomic E-state index is 12.8. The first kappa shape index (κ1) is 19.5. The molecule has 2 aromatic carbocycles. The highest BCUT2D eigenvalue weighted by atomic mass is 35.5. The fourth-order valence-electron chi connectivity index (χ4n) is 2.49. The Bertz CT molecular complexity index is 619. The van der Waals surface area contributed by atoms with Crippen LogP contribution in [0.1, 0.15) is 24.0 Å². The van der Waals surface area contributed by atoms with Gasteiger partial charge in [0.15, 0.2) is 0 Å². The molecular formula is C18H22Cl2N2O. The average molecular weight is 353 g/mol. The molecule has 2 N–H and O–H groups in total. The van der Waals surface area contributed by atoms with Crippen LogP contribution in [0.3, 0.4) is 0 Å². The van der Waals surface area contributed by atoms with Crippen molar-refractivity contribution in [1.29, 1.82) is 0 Å². The van der Waals surface area contributed by atoms with Gasteiger partial charge in [-0.2, -0.15) is 0 Å². The van der Waals surface area contributed by atoms with Gasteiger partial charge in [0.1, 0.15) is 0 Å². The number of hydrogen-bond donors (Lipinski definition) is 1. The predicted octanol–water partition coefficient (Wildman–Crippen LogP) is 3.85. The summed E-state index contributed by atoms with van der Waals surface area (Å²) in [5.74, 6) is -0.253. The minimum absolute atomic E-state index is 0. The van der Waals surface area contributed by atoms with Crippen molar-refractivity contribution in [2.75, 3.05) is 13.1 Å². The summed E-state index contributed by atoms with van der Waals surface area (Å²) < 4.78 is 0. The number of nitrogens with two attached hydrogens (primary N) is 1. The smallest absolute Gasteiger partial charge is 0.231 e. The molecule has 0 fully saturated rings. The molecule has 0 aromatic heterocycles. The molecule has 0 spiro atoms. The van der Waals surface area contributed by atoms with E-state index >= 15 is 0 Å². The molecule has 0 saturated carbocycles. The molecule has 0 bridgehead atoms. The van der Waals surface area contributed by atoms with E-state index in [4.69, 9.17) is 17.3 Å². The van der Waals surface area contributed by atoms with Gasteiger partial charge in [0.2, 0.25) is 5.91 Å². The maximum Gasteiger partial charge on any atom is 0.231 e. The topological polar surface area (TPSA) is 46.3 Å². The third kappa shape index (κ3) is 5.24. The van der Waals surface area contributed by atoms with Gasteiger partial charge in [0, 0.05) is 24.7 Å². The summed E-state index contributed by atoms with van der Waals surface area (Å²) in [6, 6.07) is 17.3. The number of carbonyl (C=O) groups excluding carboxylic acids is 1. The lowest BCUT2D eigenvalue weighted by atomic mass is 9.97. The fraction of sp³-hybridized carbons (Fsp3) is 0.278. The van der Waals surface area contributed by atoms with Crippen molar-refractivity contribution >= 4 is 29.9 Å². The van der Waals surface area contributed by atoms with Crippen LogP contribution in [0.5, 0.6) is 0 Å². The first-order chi connectivity index (χ1) is 10.7. The van der Waals surface area contributed by atoms with Gasteiger partial charge in [-0.25, -0.2) is 0 Å². The van der Waals surface area contributed by atoms with Crippen LogP contribution >= 0.6 is 24.0 Å². The Hall–Kier alpha value is -1.55. The van der Waals surface area contributed by atoms with Crippen molar-refractivity contribution < 1.29 is 4.79 Å². The molecule has 2 aromatic rings. The zero-order valence-corrected chi connectivity index (χ0v) is 14.7. The molecule has 0 radical (unpaired) electrons. The lowest BCUT2D eigenvalue weighted by Crippen LogP contribution is -2.37. The van der Waals surface area contributed by atoms with Crippen LogP contribution in [0, 0.1) is 0 Å². The third-order valence-electron chi connectivity index (χ3n) is 3.69. The molecule has 1 amide bonds. The molecule has 5 heteroatoms. The average Bonchev–Trinajstić information content (AvgIpc) is 2.54. The van der Waals surface area contributed by atoms with Crippen molar-refractivity contribution in [3.8, 4) is 0 Å². The minimum atomic E-state index is -0.305. The number of nitrogens with zero attached hydrogens (tertiary/aromatic N) is 1. The van der Waals surface area contributed by atoms with Gasteiger partial charge >= 0.3 is 0 Å². The Morgan fingerprint density at radius 1 is 1.17 bits per heavy atom. The monoisotopic (exact) mass is 352 g/mol. The Morgan fingerprint density at radius 3 is 2.43 bits per heavy atom. The molecule has 1 unspecified atom stereocenters. The van der Waals surface area contributed by atoms with E-state index < -0.39 is 0 Å². The van der Waals surface area contributed by atoms with Crippen LogP contribution in [-0.2, 0) is 11.3 Å². The Balaban J connectivity index is 0.00000264. The second-order valence-corrected chi connectivity index (χ2v) is 5.62. The molecule has 0 aliphatic heterocycles. The van der Waals surface area contributed by atoms with Gasteiger partial charge in [-0.1, -0.05) is 54.1 Å². The van der Waals surface area contributed by atoms with Crippen LogP contribution in [0.25, 0.3) is 0 Å². The van der Waals surface area contributed by atoms with Crippen molar-refractivity contribution in [3.05, 3.63) is 70.7 Å². The molecule has 0 heterocycles. The number of carbonyl (C=O) groups is 1. The van der Waals surface area contributed by atoms with E-state index in [1.165, 1.54) is 0 Å². The van der Waals surface area contributed by atoms with Crippen LogP contribution < -0.4 is 5.73 Å². The van der Waals surface area contributed by atoms with Crippen molar-refractivity contribution in [2.24, 2.45) is 5.73 Å². The number of amides is 1. The van der Waals surface area contributed by atoms with E-state index in [1.54, 1.807) is 0 Å². The predicted molar refractivity (Wildman–Crippen MR) is 98.0 cm³/mol. The lowest BCUT2D eigenvalue weighted by molar-refractivity contribution is -0.133. The van der Waals surface area contributed by atoms with E-state index in [0.717, 1.165) is 11.1 Å². The number of benzene rings is 2. The summed E-state index contributed by atoms with van der Waals surface area (Å²) in [5, 5.41) is 0.680. The summed E-state index contributed by atoms with van der Waals surface area (Å²) in [4.78, 5) is 14.6. The summed E-state index contributed by atoms with van der Waals surface area (Å²) in [6.45, 7) is 3.45.